The molecule has 1 atom stereocenters. The fourth-order valence-corrected chi connectivity index (χ4v) is 3.03. The molecule has 0 saturated carbocycles. The van der Waals surface area contributed by atoms with Gasteiger partial charge in [-0.15, -0.1) is 0 Å². The Bertz CT molecular complexity index is 598. The van der Waals surface area contributed by atoms with Crippen LogP contribution in [0.5, 0.6) is 0 Å². The number of hydrogen-bond acceptors (Lipinski definition) is 1. The van der Waals surface area contributed by atoms with E-state index in [1.165, 1.54) is 17.2 Å². The third-order valence-electron chi connectivity index (χ3n) is 3.74. The summed E-state index contributed by atoms with van der Waals surface area (Å²) in [6.07, 6.45) is 0.900. The highest BCUT2D eigenvalue weighted by Gasteiger charge is 2.14. The first-order chi connectivity index (χ1) is 10.1. The molecule has 0 heterocycles. The first-order valence-corrected chi connectivity index (χ1v) is 8.11. The summed E-state index contributed by atoms with van der Waals surface area (Å²) in [5.74, 6) is 0.182. The number of aryl methyl sites for hydroxylation is 1. The van der Waals surface area contributed by atoms with Crippen LogP contribution in [0.4, 0.5) is 4.39 Å². The molecule has 3 heteroatoms. The van der Waals surface area contributed by atoms with Crippen molar-refractivity contribution < 1.29 is 4.39 Å². The predicted octanol–water partition coefficient (Wildman–Crippen LogP) is 4.83. The lowest BCUT2D eigenvalue weighted by Crippen LogP contribution is -2.23. The van der Waals surface area contributed by atoms with Crippen molar-refractivity contribution in [2.24, 2.45) is 0 Å². The van der Waals surface area contributed by atoms with Gasteiger partial charge in [-0.3, -0.25) is 0 Å². The summed E-state index contributed by atoms with van der Waals surface area (Å²) in [7, 11) is 0. The third kappa shape index (κ3) is 4.39. The van der Waals surface area contributed by atoms with Gasteiger partial charge in [0.25, 0.3) is 0 Å². The van der Waals surface area contributed by atoms with Crippen LogP contribution in [0, 0.1) is 12.7 Å². The maximum absolute atomic E-state index is 13.4. The molecule has 0 aromatic heterocycles. The van der Waals surface area contributed by atoms with Gasteiger partial charge in [-0.05, 0) is 64.6 Å². The lowest BCUT2D eigenvalue weighted by molar-refractivity contribution is 0.589. The molecule has 1 nitrogen and oxygen atoms in total. The van der Waals surface area contributed by atoms with Gasteiger partial charge in [0.2, 0.25) is 0 Å². The molecular weight excluding hydrogens is 329 g/mol. The zero-order chi connectivity index (χ0) is 15.2. The number of halogens is 2. The quantitative estimate of drug-likeness (QED) is 0.787. The summed E-state index contributed by atoms with van der Waals surface area (Å²) in [6, 6.07) is 13.8. The Morgan fingerprint density at radius 3 is 2.62 bits per heavy atom. The Hall–Kier alpha value is -1.19. The normalized spacial score (nSPS) is 12.4. The van der Waals surface area contributed by atoms with Gasteiger partial charge < -0.3 is 5.32 Å². The van der Waals surface area contributed by atoms with Crippen molar-refractivity contribution in [3.63, 3.8) is 0 Å². The van der Waals surface area contributed by atoms with Crippen LogP contribution < -0.4 is 5.32 Å². The maximum Gasteiger partial charge on any atom is 0.137 e. The van der Waals surface area contributed by atoms with Gasteiger partial charge in [-0.1, -0.05) is 37.3 Å². The molecule has 0 fully saturated rings. The summed E-state index contributed by atoms with van der Waals surface area (Å²) in [5.41, 5.74) is 3.81. The number of nitrogens with one attached hydrogen (secondary N) is 1. The summed E-state index contributed by atoms with van der Waals surface area (Å²) in [5, 5.41) is 3.43. The molecule has 0 bridgehead atoms. The van der Waals surface area contributed by atoms with E-state index < -0.39 is 0 Å². The second kappa shape index (κ2) is 7.71. The van der Waals surface area contributed by atoms with Crippen LogP contribution in [0.3, 0.4) is 0 Å². The Kier molecular flexibility index (Phi) is 5.95. The predicted molar refractivity (Wildman–Crippen MR) is 90.3 cm³/mol. The monoisotopic (exact) mass is 349 g/mol. The van der Waals surface area contributed by atoms with Crippen molar-refractivity contribution in [2.45, 2.75) is 26.2 Å². The molecule has 2 aromatic carbocycles. The molecule has 0 saturated heterocycles. The van der Waals surface area contributed by atoms with Crippen molar-refractivity contribution in [3.05, 3.63) is 69.4 Å². The van der Waals surface area contributed by atoms with E-state index in [9.17, 15) is 4.39 Å². The molecule has 0 radical (unpaired) electrons. The van der Waals surface area contributed by atoms with E-state index in [1.54, 1.807) is 0 Å². The van der Waals surface area contributed by atoms with Gasteiger partial charge in [-0.25, -0.2) is 4.39 Å². The molecule has 0 aliphatic heterocycles. The van der Waals surface area contributed by atoms with Gasteiger partial charge in [0.15, 0.2) is 0 Å². The zero-order valence-corrected chi connectivity index (χ0v) is 14.1. The van der Waals surface area contributed by atoms with Crippen LogP contribution in [-0.2, 0) is 6.42 Å². The number of rotatable bonds is 6. The lowest BCUT2D eigenvalue weighted by atomic mass is 9.89. The molecule has 112 valence electrons. The molecule has 0 aliphatic rings. The second-order valence-corrected chi connectivity index (χ2v) is 6.17. The van der Waals surface area contributed by atoms with Crippen molar-refractivity contribution >= 4 is 15.9 Å². The van der Waals surface area contributed by atoms with Gasteiger partial charge in [-0.2, -0.15) is 0 Å². The minimum atomic E-state index is -0.210. The van der Waals surface area contributed by atoms with E-state index in [4.69, 9.17) is 0 Å². The number of likely N-dealkylation sites (N-methyl/N-ethyl adjacent to an activating group) is 1. The Balaban J connectivity index is 2.24. The third-order valence-corrected chi connectivity index (χ3v) is 4.34. The SMILES string of the molecule is CCNCC(Cc1ccc(F)c(Br)c1)c1ccccc1C. The van der Waals surface area contributed by atoms with Gasteiger partial charge in [0.1, 0.15) is 5.82 Å². The van der Waals surface area contributed by atoms with Crippen molar-refractivity contribution in [1.29, 1.82) is 0 Å². The lowest BCUT2D eigenvalue weighted by Gasteiger charge is -2.20. The molecule has 0 aliphatic carbocycles. The smallest absolute Gasteiger partial charge is 0.137 e. The topological polar surface area (TPSA) is 12.0 Å². The maximum atomic E-state index is 13.4. The van der Waals surface area contributed by atoms with Crippen molar-refractivity contribution in [1.82, 2.24) is 5.32 Å². The van der Waals surface area contributed by atoms with E-state index in [-0.39, 0.29) is 5.82 Å². The van der Waals surface area contributed by atoms with E-state index in [2.05, 4.69) is 59.4 Å². The summed E-state index contributed by atoms with van der Waals surface area (Å²) in [4.78, 5) is 0. The highest BCUT2D eigenvalue weighted by molar-refractivity contribution is 9.10. The second-order valence-electron chi connectivity index (χ2n) is 5.31. The van der Waals surface area contributed by atoms with E-state index in [1.807, 2.05) is 12.1 Å². The fourth-order valence-electron chi connectivity index (χ4n) is 2.61. The number of hydrogen-bond donors (Lipinski definition) is 1. The minimum absolute atomic E-state index is 0.210. The Morgan fingerprint density at radius 1 is 1.19 bits per heavy atom. The molecular formula is C18H21BrFN. The molecule has 0 amide bonds. The molecule has 1 unspecified atom stereocenters. The fraction of sp³-hybridized carbons (Fsp3) is 0.333. The first-order valence-electron chi connectivity index (χ1n) is 7.32. The first kappa shape index (κ1) is 16.2. The summed E-state index contributed by atoms with van der Waals surface area (Å²) < 4.78 is 13.9. The van der Waals surface area contributed by atoms with E-state index in [0.717, 1.165) is 25.1 Å². The van der Waals surface area contributed by atoms with Crippen LogP contribution >= 0.6 is 15.9 Å². The van der Waals surface area contributed by atoms with Crippen molar-refractivity contribution in [2.75, 3.05) is 13.1 Å². The number of benzene rings is 2. The van der Waals surface area contributed by atoms with Crippen LogP contribution in [0.25, 0.3) is 0 Å². The van der Waals surface area contributed by atoms with Gasteiger partial charge >= 0.3 is 0 Å². The standard InChI is InChI=1S/C18H21BrFN/c1-3-21-12-15(16-7-5-4-6-13(16)2)10-14-8-9-18(20)17(19)11-14/h4-9,11,15,21H,3,10,12H2,1-2H3. The zero-order valence-electron chi connectivity index (χ0n) is 12.5. The minimum Gasteiger partial charge on any atom is -0.316 e. The van der Waals surface area contributed by atoms with Crippen LogP contribution in [0.2, 0.25) is 0 Å². The Labute approximate surface area is 134 Å². The summed E-state index contributed by atoms with van der Waals surface area (Å²) in [6.45, 7) is 6.14. The van der Waals surface area contributed by atoms with Crippen LogP contribution in [0.1, 0.15) is 29.5 Å². The Morgan fingerprint density at radius 2 is 1.95 bits per heavy atom. The highest BCUT2D eigenvalue weighted by atomic mass is 79.9. The highest BCUT2D eigenvalue weighted by Crippen LogP contribution is 2.25. The van der Waals surface area contributed by atoms with Gasteiger partial charge in [0.05, 0.1) is 4.47 Å². The molecule has 2 aromatic rings. The van der Waals surface area contributed by atoms with E-state index in [0.29, 0.717) is 10.4 Å². The largest absolute Gasteiger partial charge is 0.316 e. The van der Waals surface area contributed by atoms with Crippen LogP contribution in [-0.4, -0.2) is 13.1 Å². The van der Waals surface area contributed by atoms with Gasteiger partial charge in [0, 0.05) is 12.5 Å². The average molecular weight is 350 g/mol. The van der Waals surface area contributed by atoms with E-state index >= 15 is 0 Å². The average Bonchev–Trinajstić information content (AvgIpc) is 2.48. The molecule has 21 heavy (non-hydrogen) atoms. The van der Waals surface area contributed by atoms with Crippen LogP contribution in [0.15, 0.2) is 46.9 Å². The molecule has 2 rings (SSSR count). The molecule has 0 spiro atoms. The van der Waals surface area contributed by atoms with Crippen molar-refractivity contribution in [3.8, 4) is 0 Å². The summed E-state index contributed by atoms with van der Waals surface area (Å²) >= 11 is 3.27. The molecule has 1 N–H and O–H groups in total.